The first-order chi connectivity index (χ1) is 11.2. The van der Waals surface area contributed by atoms with E-state index in [1.807, 2.05) is 48.3 Å². The van der Waals surface area contributed by atoms with Crippen molar-refractivity contribution < 1.29 is 9.13 Å². The van der Waals surface area contributed by atoms with Gasteiger partial charge in [-0.15, -0.1) is 0 Å². The molecule has 0 aliphatic carbocycles. The van der Waals surface area contributed by atoms with E-state index in [4.69, 9.17) is 4.74 Å². The maximum absolute atomic E-state index is 13.3. The molecular formula is C18H16FN3O. The van der Waals surface area contributed by atoms with Crippen LogP contribution in [-0.4, -0.2) is 17.0 Å². The van der Waals surface area contributed by atoms with Crippen molar-refractivity contribution in [1.29, 1.82) is 0 Å². The number of hydrogen-bond donors (Lipinski definition) is 0. The highest BCUT2D eigenvalue weighted by Crippen LogP contribution is 2.22. The molecule has 0 fully saturated rings. The fourth-order valence-electron chi connectivity index (χ4n) is 2.19. The molecule has 5 heteroatoms. The molecule has 2 aromatic carbocycles. The van der Waals surface area contributed by atoms with Crippen LogP contribution in [0.4, 0.5) is 10.2 Å². The average molecular weight is 309 g/mol. The van der Waals surface area contributed by atoms with Crippen LogP contribution in [0.3, 0.4) is 0 Å². The van der Waals surface area contributed by atoms with E-state index in [-0.39, 0.29) is 5.82 Å². The molecule has 23 heavy (non-hydrogen) atoms. The summed E-state index contributed by atoms with van der Waals surface area (Å²) in [4.78, 5) is 10.3. The second-order valence-electron chi connectivity index (χ2n) is 5.12. The molecule has 0 aliphatic rings. The fraction of sp³-hybridized carbons (Fsp3) is 0.111. The molecule has 0 unspecified atom stereocenters. The van der Waals surface area contributed by atoms with Crippen molar-refractivity contribution in [2.75, 3.05) is 11.9 Å². The highest BCUT2D eigenvalue weighted by molar-refractivity contribution is 5.42. The van der Waals surface area contributed by atoms with Crippen molar-refractivity contribution in [1.82, 2.24) is 9.97 Å². The van der Waals surface area contributed by atoms with Crippen LogP contribution >= 0.6 is 0 Å². The minimum Gasteiger partial charge on any atom is -0.439 e. The lowest BCUT2D eigenvalue weighted by atomic mass is 10.2. The van der Waals surface area contributed by atoms with Crippen LogP contribution in [0.25, 0.3) is 0 Å². The van der Waals surface area contributed by atoms with Gasteiger partial charge in [0.25, 0.3) is 0 Å². The molecule has 0 bridgehead atoms. The van der Waals surface area contributed by atoms with Crippen LogP contribution < -0.4 is 9.64 Å². The summed E-state index contributed by atoms with van der Waals surface area (Å²) >= 11 is 0. The summed E-state index contributed by atoms with van der Waals surface area (Å²) in [5.74, 6) is 1.64. The van der Waals surface area contributed by atoms with Crippen molar-refractivity contribution >= 4 is 5.82 Å². The molecule has 4 nitrogen and oxygen atoms in total. The van der Waals surface area contributed by atoms with E-state index >= 15 is 0 Å². The topological polar surface area (TPSA) is 38.2 Å². The quantitative estimate of drug-likeness (QED) is 0.713. The van der Waals surface area contributed by atoms with Gasteiger partial charge in [0.1, 0.15) is 23.7 Å². The van der Waals surface area contributed by atoms with Gasteiger partial charge in [0.15, 0.2) is 0 Å². The Morgan fingerprint density at radius 1 is 1.00 bits per heavy atom. The molecule has 0 saturated carbocycles. The maximum Gasteiger partial charge on any atom is 0.224 e. The third-order valence-corrected chi connectivity index (χ3v) is 3.29. The van der Waals surface area contributed by atoms with E-state index in [2.05, 4.69) is 9.97 Å². The fourth-order valence-corrected chi connectivity index (χ4v) is 2.19. The van der Waals surface area contributed by atoms with E-state index in [1.165, 1.54) is 18.5 Å². The molecule has 1 heterocycles. The lowest BCUT2D eigenvalue weighted by molar-refractivity contribution is 0.461. The van der Waals surface area contributed by atoms with Crippen molar-refractivity contribution in [2.24, 2.45) is 0 Å². The Hall–Kier alpha value is -2.95. The summed E-state index contributed by atoms with van der Waals surface area (Å²) in [6, 6.07) is 17.7. The number of para-hydroxylation sites is 1. The SMILES string of the molecule is CN(Cc1cccc(F)c1)c1cc(Oc2ccccc2)ncn1. The number of hydrogen-bond acceptors (Lipinski definition) is 4. The van der Waals surface area contributed by atoms with Crippen molar-refractivity contribution in [2.45, 2.75) is 6.54 Å². The Morgan fingerprint density at radius 3 is 2.61 bits per heavy atom. The van der Waals surface area contributed by atoms with Gasteiger partial charge in [0.2, 0.25) is 5.88 Å². The Labute approximate surface area is 134 Å². The van der Waals surface area contributed by atoms with Gasteiger partial charge >= 0.3 is 0 Å². The molecule has 0 spiro atoms. The zero-order valence-corrected chi connectivity index (χ0v) is 12.7. The standard InChI is InChI=1S/C18H16FN3O/c1-22(12-14-6-5-7-15(19)10-14)17-11-18(21-13-20-17)23-16-8-3-2-4-9-16/h2-11,13H,12H2,1H3. The Morgan fingerprint density at radius 2 is 1.83 bits per heavy atom. The minimum absolute atomic E-state index is 0.244. The molecule has 0 aliphatic heterocycles. The van der Waals surface area contributed by atoms with Gasteiger partial charge in [0, 0.05) is 19.7 Å². The normalized spacial score (nSPS) is 10.3. The average Bonchev–Trinajstić information content (AvgIpc) is 2.56. The van der Waals surface area contributed by atoms with E-state index in [0.717, 1.165) is 5.56 Å². The van der Waals surface area contributed by atoms with Crippen LogP contribution in [0.2, 0.25) is 0 Å². The summed E-state index contributed by atoms with van der Waals surface area (Å²) in [5.41, 5.74) is 0.872. The zero-order chi connectivity index (χ0) is 16.1. The van der Waals surface area contributed by atoms with E-state index < -0.39 is 0 Å². The smallest absolute Gasteiger partial charge is 0.224 e. The third kappa shape index (κ3) is 4.03. The Bertz CT molecular complexity index is 780. The number of halogens is 1. The van der Waals surface area contributed by atoms with Gasteiger partial charge in [-0.25, -0.2) is 14.4 Å². The Balaban J connectivity index is 1.73. The number of rotatable bonds is 5. The minimum atomic E-state index is -0.244. The largest absolute Gasteiger partial charge is 0.439 e. The second-order valence-corrected chi connectivity index (χ2v) is 5.12. The summed E-state index contributed by atoms with van der Waals surface area (Å²) in [6.07, 6.45) is 1.45. The van der Waals surface area contributed by atoms with Crippen LogP contribution in [0.5, 0.6) is 11.6 Å². The molecule has 3 aromatic rings. The third-order valence-electron chi connectivity index (χ3n) is 3.29. The Kier molecular flexibility index (Phi) is 4.47. The lowest BCUT2D eigenvalue weighted by Gasteiger charge is -2.18. The molecule has 0 amide bonds. The number of anilines is 1. The summed E-state index contributed by atoms with van der Waals surface area (Å²) in [7, 11) is 1.89. The first-order valence-corrected chi connectivity index (χ1v) is 7.21. The van der Waals surface area contributed by atoms with E-state index in [0.29, 0.717) is 24.0 Å². The summed E-state index contributed by atoms with van der Waals surface area (Å²) in [6.45, 7) is 0.541. The molecule has 0 saturated heterocycles. The maximum atomic E-state index is 13.3. The molecule has 1 aromatic heterocycles. The number of benzene rings is 2. The summed E-state index contributed by atoms with van der Waals surface area (Å²) in [5, 5.41) is 0. The first-order valence-electron chi connectivity index (χ1n) is 7.21. The number of nitrogens with zero attached hydrogens (tertiary/aromatic N) is 3. The van der Waals surface area contributed by atoms with Gasteiger partial charge < -0.3 is 9.64 Å². The van der Waals surface area contributed by atoms with Crippen LogP contribution in [-0.2, 0) is 6.54 Å². The van der Waals surface area contributed by atoms with Crippen molar-refractivity contribution in [3.63, 3.8) is 0 Å². The van der Waals surface area contributed by atoms with Gasteiger partial charge in [0.05, 0.1) is 0 Å². The van der Waals surface area contributed by atoms with E-state index in [1.54, 1.807) is 12.1 Å². The highest BCUT2D eigenvalue weighted by Gasteiger charge is 2.07. The monoisotopic (exact) mass is 309 g/mol. The first kappa shape index (κ1) is 15.0. The molecular weight excluding hydrogens is 293 g/mol. The molecule has 116 valence electrons. The number of aromatic nitrogens is 2. The molecule has 0 N–H and O–H groups in total. The van der Waals surface area contributed by atoms with Gasteiger partial charge in [-0.05, 0) is 29.8 Å². The lowest BCUT2D eigenvalue weighted by Crippen LogP contribution is -2.17. The second kappa shape index (κ2) is 6.87. The molecule has 0 atom stereocenters. The molecule has 3 rings (SSSR count). The van der Waals surface area contributed by atoms with Crippen LogP contribution in [0.15, 0.2) is 67.0 Å². The van der Waals surface area contributed by atoms with Crippen molar-refractivity contribution in [3.8, 4) is 11.6 Å². The van der Waals surface area contributed by atoms with Gasteiger partial charge in [-0.1, -0.05) is 30.3 Å². The highest BCUT2D eigenvalue weighted by atomic mass is 19.1. The van der Waals surface area contributed by atoms with E-state index in [9.17, 15) is 4.39 Å². The van der Waals surface area contributed by atoms with Crippen LogP contribution in [0, 0.1) is 5.82 Å². The van der Waals surface area contributed by atoms with Crippen molar-refractivity contribution in [3.05, 3.63) is 78.4 Å². The van der Waals surface area contributed by atoms with Gasteiger partial charge in [-0.2, -0.15) is 0 Å². The number of ether oxygens (including phenoxy) is 1. The van der Waals surface area contributed by atoms with Crippen LogP contribution in [0.1, 0.15) is 5.56 Å². The summed E-state index contributed by atoms with van der Waals surface area (Å²) < 4.78 is 19.0. The zero-order valence-electron chi connectivity index (χ0n) is 12.7. The predicted molar refractivity (Wildman–Crippen MR) is 87.1 cm³/mol. The molecule has 0 radical (unpaired) electrons. The predicted octanol–water partition coefficient (Wildman–Crippen LogP) is 4.04. The van der Waals surface area contributed by atoms with Gasteiger partial charge in [-0.3, -0.25) is 0 Å².